The van der Waals surface area contributed by atoms with Crippen molar-refractivity contribution >= 4 is 44.3 Å². The molecule has 1 aliphatic rings. The Morgan fingerprint density at radius 2 is 1.79 bits per heavy atom. The van der Waals surface area contributed by atoms with Crippen molar-refractivity contribution in [2.45, 2.75) is 18.6 Å². The summed E-state index contributed by atoms with van der Waals surface area (Å²) in [6, 6.07) is 9.31. The second-order valence-electron chi connectivity index (χ2n) is 8.22. The number of carbonyl (C=O) groups is 1. The summed E-state index contributed by atoms with van der Waals surface area (Å²) in [5.41, 5.74) is 1.82. The summed E-state index contributed by atoms with van der Waals surface area (Å²) in [6.07, 6.45) is 0.699. The number of hydrogen-bond acceptors (Lipinski definition) is 4. The lowest BCUT2D eigenvalue weighted by molar-refractivity contribution is -0.120. The lowest BCUT2D eigenvalue weighted by atomic mass is 9.97. The summed E-state index contributed by atoms with van der Waals surface area (Å²) in [5, 5.41) is 2.94. The van der Waals surface area contributed by atoms with Crippen molar-refractivity contribution < 1.29 is 17.6 Å². The Labute approximate surface area is 195 Å². The molecule has 1 aromatic heterocycles. The maximum absolute atomic E-state index is 14.0. The number of nitrogens with zero attached hydrogens (tertiary/aromatic N) is 3. The van der Waals surface area contributed by atoms with Crippen LogP contribution in [0.5, 0.6) is 0 Å². The number of hydrogen-bond donors (Lipinski definition) is 1. The number of carbonyl (C=O) groups excluding carboxylic acids is 1. The van der Waals surface area contributed by atoms with Gasteiger partial charge in [-0.3, -0.25) is 13.9 Å². The van der Waals surface area contributed by atoms with E-state index in [9.17, 15) is 22.4 Å². The molecule has 8 nitrogen and oxygen atoms in total. The fourth-order valence-corrected chi connectivity index (χ4v) is 6.09. The molecule has 33 heavy (non-hydrogen) atoms. The molecule has 0 aliphatic carbocycles. The van der Waals surface area contributed by atoms with E-state index in [4.69, 9.17) is 11.6 Å². The van der Waals surface area contributed by atoms with Gasteiger partial charge in [-0.2, -0.15) is 0 Å². The molecule has 0 unspecified atom stereocenters. The normalized spacial score (nSPS) is 15.8. The number of benzene rings is 2. The van der Waals surface area contributed by atoms with Crippen molar-refractivity contribution in [2.75, 3.05) is 18.4 Å². The molecular weight excluding hydrogens is 471 g/mol. The third-order valence-corrected chi connectivity index (χ3v) is 8.31. The van der Waals surface area contributed by atoms with Gasteiger partial charge in [-0.25, -0.2) is 21.9 Å². The molecule has 0 radical (unpaired) electrons. The first-order valence-corrected chi connectivity index (χ1v) is 12.4. The first-order chi connectivity index (χ1) is 15.6. The van der Waals surface area contributed by atoms with E-state index in [0.29, 0.717) is 24.0 Å². The minimum absolute atomic E-state index is 0.0512. The van der Waals surface area contributed by atoms with E-state index in [0.717, 1.165) is 5.52 Å². The molecule has 1 amide bonds. The number of aryl methyl sites for hydroxylation is 2. The van der Waals surface area contributed by atoms with Crippen molar-refractivity contribution in [3.8, 4) is 0 Å². The lowest BCUT2D eigenvalue weighted by Gasteiger charge is -2.30. The standard InChI is InChI=1S/C22H24ClFN4O4S/c1-26-19-7-6-15(12-20(19)27(2)22(26)30)25-21(29)14-8-10-28(11-9-14)33(31,32)13-16-17(23)4-3-5-18(16)24/h3-7,12,14H,8-11,13H2,1-2H3,(H,25,29). The van der Waals surface area contributed by atoms with E-state index in [1.54, 1.807) is 32.3 Å². The van der Waals surface area contributed by atoms with Crippen LogP contribution in [0.3, 0.4) is 0 Å². The Morgan fingerprint density at radius 3 is 2.45 bits per heavy atom. The zero-order chi connectivity index (χ0) is 23.9. The average molecular weight is 495 g/mol. The summed E-state index contributed by atoms with van der Waals surface area (Å²) < 4.78 is 43.9. The summed E-state index contributed by atoms with van der Waals surface area (Å²) >= 11 is 5.98. The maximum Gasteiger partial charge on any atom is 0.328 e. The number of halogens is 2. The highest BCUT2D eigenvalue weighted by Crippen LogP contribution is 2.27. The van der Waals surface area contributed by atoms with E-state index in [-0.39, 0.29) is 41.2 Å². The van der Waals surface area contributed by atoms with E-state index < -0.39 is 21.6 Å². The Kier molecular flexibility index (Phi) is 6.35. The van der Waals surface area contributed by atoms with Gasteiger partial charge >= 0.3 is 5.69 Å². The average Bonchev–Trinajstić information content (AvgIpc) is 3.00. The SMILES string of the molecule is Cn1c(=O)n(C)c2cc(NC(=O)C3CCN(S(=O)(=O)Cc4c(F)cccc4Cl)CC3)ccc21. The topological polar surface area (TPSA) is 93.4 Å². The number of amides is 1. The first-order valence-electron chi connectivity index (χ1n) is 10.5. The second kappa shape index (κ2) is 8.92. The second-order valence-corrected chi connectivity index (χ2v) is 10.6. The fraction of sp³-hybridized carbons (Fsp3) is 0.364. The van der Waals surface area contributed by atoms with Crippen molar-refractivity contribution in [1.29, 1.82) is 0 Å². The minimum Gasteiger partial charge on any atom is -0.326 e. The van der Waals surface area contributed by atoms with Crippen LogP contribution < -0.4 is 11.0 Å². The molecule has 1 N–H and O–H groups in total. The summed E-state index contributed by atoms with van der Waals surface area (Å²) in [7, 11) is -0.425. The van der Waals surface area contributed by atoms with Gasteiger partial charge in [0.05, 0.1) is 16.8 Å². The molecule has 1 saturated heterocycles. The van der Waals surface area contributed by atoms with Crippen LogP contribution in [-0.4, -0.2) is 40.9 Å². The predicted molar refractivity (Wildman–Crippen MR) is 125 cm³/mol. The predicted octanol–water partition coefficient (Wildman–Crippen LogP) is 2.85. The lowest BCUT2D eigenvalue weighted by Crippen LogP contribution is -2.42. The van der Waals surface area contributed by atoms with E-state index >= 15 is 0 Å². The molecule has 1 aliphatic heterocycles. The number of rotatable bonds is 5. The van der Waals surface area contributed by atoms with Gasteiger partial charge in [-0.15, -0.1) is 0 Å². The van der Waals surface area contributed by atoms with Gasteiger partial charge in [0.15, 0.2) is 0 Å². The molecule has 1 fully saturated rings. The monoisotopic (exact) mass is 494 g/mol. The smallest absolute Gasteiger partial charge is 0.326 e. The highest BCUT2D eigenvalue weighted by atomic mass is 35.5. The highest BCUT2D eigenvalue weighted by molar-refractivity contribution is 7.88. The van der Waals surface area contributed by atoms with Gasteiger partial charge in [0.2, 0.25) is 15.9 Å². The van der Waals surface area contributed by atoms with Crippen molar-refractivity contribution in [2.24, 2.45) is 20.0 Å². The van der Waals surface area contributed by atoms with Crippen LogP contribution in [-0.2, 0) is 34.7 Å². The molecule has 0 saturated carbocycles. The molecule has 0 atom stereocenters. The third-order valence-electron chi connectivity index (χ3n) is 6.15. The third kappa shape index (κ3) is 4.55. The van der Waals surface area contributed by atoms with Gasteiger partial charge in [0.25, 0.3) is 0 Å². The number of imidazole rings is 1. The molecule has 2 aromatic carbocycles. The van der Waals surface area contributed by atoms with Crippen LogP contribution in [0.1, 0.15) is 18.4 Å². The van der Waals surface area contributed by atoms with Crippen molar-refractivity contribution in [1.82, 2.24) is 13.4 Å². The molecule has 4 rings (SSSR count). The van der Waals surface area contributed by atoms with Crippen LogP contribution in [0.2, 0.25) is 5.02 Å². The van der Waals surface area contributed by atoms with Crippen molar-refractivity contribution in [3.63, 3.8) is 0 Å². The van der Waals surface area contributed by atoms with Crippen LogP contribution in [0, 0.1) is 11.7 Å². The largest absolute Gasteiger partial charge is 0.328 e. The van der Waals surface area contributed by atoms with Gasteiger partial charge in [-0.05, 0) is 43.2 Å². The van der Waals surface area contributed by atoms with E-state index in [1.807, 2.05) is 0 Å². The maximum atomic E-state index is 14.0. The van der Waals surface area contributed by atoms with E-state index in [2.05, 4.69) is 5.32 Å². The molecular formula is C22H24ClFN4O4S. The van der Waals surface area contributed by atoms with Gasteiger partial charge in [0.1, 0.15) is 5.82 Å². The molecule has 3 aromatic rings. The Hall–Kier alpha value is -2.69. The Morgan fingerprint density at radius 1 is 1.12 bits per heavy atom. The zero-order valence-electron chi connectivity index (χ0n) is 18.2. The minimum atomic E-state index is -3.78. The number of aromatic nitrogens is 2. The number of sulfonamides is 1. The number of fused-ring (bicyclic) bond motifs is 1. The van der Waals surface area contributed by atoms with E-state index in [1.165, 1.54) is 31.6 Å². The van der Waals surface area contributed by atoms with Crippen LogP contribution in [0.4, 0.5) is 10.1 Å². The summed E-state index contributed by atoms with van der Waals surface area (Å²) in [6.45, 7) is 0.331. The summed E-state index contributed by atoms with van der Waals surface area (Å²) in [5.74, 6) is -1.74. The number of nitrogens with one attached hydrogen (secondary N) is 1. The van der Waals surface area contributed by atoms with Gasteiger partial charge < -0.3 is 5.32 Å². The first kappa shape index (κ1) is 23.5. The van der Waals surface area contributed by atoms with Crippen LogP contribution in [0.25, 0.3) is 11.0 Å². The van der Waals surface area contributed by atoms with Crippen LogP contribution in [0.15, 0.2) is 41.2 Å². The zero-order valence-corrected chi connectivity index (χ0v) is 19.8. The van der Waals surface area contributed by atoms with Crippen molar-refractivity contribution in [3.05, 3.63) is 63.3 Å². The fourth-order valence-electron chi connectivity index (χ4n) is 4.17. The van der Waals surface area contributed by atoms with Crippen LogP contribution >= 0.6 is 11.6 Å². The molecule has 11 heteroatoms. The molecule has 2 heterocycles. The molecule has 0 bridgehead atoms. The number of anilines is 1. The summed E-state index contributed by atoms with van der Waals surface area (Å²) in [4.78, 5) is 24.9. The van der Waals surface area contributed by atoms with Gasteiger partial charge in [0, 0.05) is 49.4 Å². The Balaban J connectivity index is 1.40. The molecule has 176 valence electrons. The molecule has 0 spiro atoms. The van der Waals surface area contributed by atoms with Gasteiger partial charge in [-0.1, -0.05) is 17.7 Å². The highest BCUT2D eigenvalue weighted by Gasteiger charge is 2.32. The number of piperidine rings is 1. The Bertz CT molecular complexity index is 1370. The quantitative estimate of drug-likeness (QED) is 0.590.